The zero-order chi connectivity index (χ0) is 21.1. The summed E-state index contributed by atoms with van der Waals surface area (Å²) >= 11 is 0. The fraction of sp³-hybridized carbons (Fsp3) is 0.625. The standard InChI is InChI=1S/C24H37N5O/c1-18-8-9-19(2)29(18)17-14-27-12-15-28(16-13-27)24(30)25-11-10-21-20(3)26-23-7-5-4-6-22(21)23/h4-7,18-19,26H,8-17H2,1-3H3,(H,25,30). The maximum atomic E-state index is 12.6. The van der Waals surface area contributed by atoms with Crippen molar-refractivity contribution in [3.8, 4) is 0 Å². The van der Waals surface area contributed by atoms with E-state index < -0.39 is 0 Å². The average Bonchev–Trinajstić information content (AvgIpc) is 3.25. The largest absolute Gasteiger partial charge is 0.358 e. The van der Waals surface area contributed by atoms with Crippen molar-refractivity contribution < 1.29 is 4.79 Å². The number of piperazine rings is 1. The van der Waals surface area contributed by atoms with Crippen molar-refractivity contribution in [3.05, 3.63) is 35.5 Å². The molecule has 2 fully saturated rings. The van der Waals surface area contributed by atoms with Gasteiger partial charge in [0.25, 0.3) is 0 Å². The molecule has 2 atom stereocenters. The predicted octanol–water partition coefficient (Wildman–Crippen LogP) is 3.22. The van der Waals surface area contributed by atoms with Crippen LogP contribution in [0.2, 0.25) is 0 Å². The molecule has 0 spiro atoms. The molecule has 0 aliphatic carbocycles. The van der Waals surface area contributed by atoms with Crippen LogP contribution in [-0.2, 0) is 6.42 Å². The maximum Gasteiger partial charge on any atom is 0.317 e. The molecular formula is C24H37N5O. The molecule has 0 bridgehead atoms. The molecule has 2 unspecified atom stereocenters. The minimum Gasteiger partial charge on any atom is -0.358 e. The van der Waals surface area contributed by atoms with E-state index in [0.29, 0.717) is 18.6 Å². The topological polar surface area (TPSA) is 54.6 Å². The average molecular weight is 412 g/mol. The van der Waals surface area contributed by atoms with Gasteiger partial charge in [0.2, 0.25) is 0 Å². The summed E-state index contributed by atoms with van der Waals surface area (Å²) in [5.74, 6) is 0. The smallest absolute Gasteiger partial charge is 0.317 e. The first-order chi connectivity index (χ1) is 14.5. The first kappa shape index (κ1) is 21.2. The van der Waals surface area contributed by atoms with E-state index in [4.69, 9.17) is 0 Å². The quantitative estimate of drug-likeness (QED) is 0.767. The van der Waals surface area contributed by atoms with Crippen molar-refractivity contribution in [2.24, 2.45) is 0 Å². The van der Waals surface area contributed by atoms with E-state index >= 15 is 0 Å². The highest BCUT2D eigenvalue weighted by molar-refractivity contribution is 5.84. The summed E-state index contributed by atoms with van der Waals surface area (Å²) in [6.45, 7) is 13.4. The van der Waals surface area contributed by atoms with Gasteiger partial charge in [0.15, 0.2) is 0 Å². The van der Waals surface area contributed by atoms with E-state index in [1.165, 1.54) is 35.0 Å². The Hall–Kier alpha value is -2.05. The summed E-state index contributed by atoms with van der Waals surface area (Å²) in [5, 5.41) is 4.40. The number of hydrogen-bond acceptors (Lipinski definition) is 3. The Morgan fingerprint density at radius 2 is 1.77 bits per heavy atom. The molecular weight excluding hydrogens is 374 g/mol. The van der Waals surface area contributed by atoms with Crippen LogP contribution in [0.4, 0.5) is 4.79 Å². The lowest BCUT2D eigenvalue weighted by Crippen LogP contribution is -2.53. The number of amides is 2. The molecule has 6 nitrogen and oxygen atoms in total. The Morgan fingerprint density at radius 1 is 1.07 bits per heavy atom. The SMILES string of the molecule is Cc1[nH]c2ccccc2c1CCNC(=O)N1CCN(CCN2C(C)CCC2C)CC1. The molecule has 2 aliphatic rings. The van der Waals surface area contributed by atoms with Crippen LogP contribution in [0, 0.1) is 6.92 Å². The number of H-pyrrole nitrogens is 1. The van der Waals surface area contributed by atoms with Crippen LogP contribution in [0.1, 0.15) is 37.9 Å². The first-order valence-electron chi connectivity index (χ1n) is 11.6. The number of aryl methyl sites for hydroxylation is 1. The third-order valence-electron chi connectivity index (χ3n) is 7.15. The minimum absolute atomic E-state index is 0.0777. The molecule has 1 aromatic carbocycles. The second-order valence-corrected chi connectivity index (χ2v) is 9.10. The van der Waals surface area contributed by atoms with Gasteiger partial charge in [0.05, 0.1) is 0 Å². The molecule has 164 valence electrons. The molecule has 3 heterocycles. The molecule has 6 heteroatoms. The Morgan fingerprint density at radius 3 is 2.50 bits per heavy atom. The number of fused-ring (bicyclic) bond motifs is 1. The normalized spacial score (nSPS) is 23.4. The molecule has 2 aliphatic heterocycles. The zero-order valence-electron chi connectivity index (χ0n) is 18.8. The van der Waals surface area contributed by atoms with Crippen molar-refractivity contribution in [3.63, 3.8) is 0 Å². The second kappa shape index (κ2) is 9.40. The third kappa shape index (κ3) is 4.65. The highest BCUT2D eigenvalue weighted by Gasteiger charge is 2.28. The highest BCUT2D eigenvalue weighted by Crippen LogP contribution is 2.23. The fourth-order valence-electron chi connectivity index (χ4n) is 5.18. The maximum absolute atomic E-state index is 12.6. The summed E-state index contributed by atoms with van der Waals surface area (Å²) < 4.78 is 0. The first-order valence-corrected chi connectivity index (χ1v) is 11.6. The predicted molar refractivity (Wildman–Crippen MR) is 123 cm³/mol. The Balaban J connectivity index is 1.19. The molecule has 2 saturated heterocycles. The van der Waals surface area contributed by atoms with Crippen LogP contribution in [0.25, 0.3) is 10.9 Å². The molecule has 30 heavy (non-hydrogen) atoms. The van der Waals surface area contributed by atoms with Gasteiger partial charge in [0.1, 0.15) is 0 Å². The fourth-order valence-corrected chi connectivity index (χ4v) is 5.18. The van der Waals surface area contributed by atoms with Gasteiger partial charge in [-0.15, -0.1) is 0 Å². The lowest BCUT2D eigenvalue weighted by molar-refractivity contribution is 0.118. The summed E-state index contributed by atoms with van der Waals surface area (Å²) in [7, 11) is 0. The van der Waals surface area contributed by atoms with E-state index in [1.54, 1.807) is 0 Å². The Bertz CT molecular complexity index is 844. The minimum atomic E-state index is 0.0777. The van der Waals surface area contributed by atoms with Crippen molar-refractivity contribution in [2.45, 2.75) is 52.1 Å². The summed E-state index contributed by atoms with van der Waals surface area (Å²) in [6, 6.07) is 9.89. The van der Waals surface area contributed by atoms with E-state index in [2.05, 4.69) is 65.1 Å². The van der Waals surface area contributed by atoms with E-state index in [9.17, 15) is 4.79 Å². The molecule has 1 aromatic heterocycles. The molecule has 2 amide bonds. The number of rotatable bonds is 6. The van der Waals surface area contributed by atoms with Gasteiger partial charge >= 0.3 is 6.03 Å². The monoisotopic (exact) mass is 411 g/mol. The molecule has 2 aromatic rings. The van der Waals surface area contributed by atoms with E-state index in [1.807, 2.05) is 4.90 Å². The third-order valence-corrected chi connectivity index (χ3v) is 7.15. The molecule has 4 rings (SSSR count). The summed E-state index contributed by atoms with van der Waals surface area (Å²) in [6.07, 6.45) is 3.51. The van der Waals surface area contributed by atoms with Gasteiger partial charge in [-0.05, 0) is 51.7 Å². The number of carbonyl (C=O) groups is 1. The number of likely N-dealkylation sites (tertiary alicyclic amines) is 1. The number of nitrogens with one attached hydrogen (secondary N) is 2. The summed E-state index contributed by atoms with van der Waals surface area (Å²) in [5.41, 5.74) is 3.67. The van der Waals surface area contributed by atoms with Crippen molar-refractivity contribution in [1.29, 1.82) is 0 Å². The van der Waals surface area contributed by atoms with Gasteiger partial charge < -0.3 is 15.2 Å². The van der Waals surface area contributed by atoms with Gasteiger partial charge in [-0.2, -0.15) is 0 Å². The highest BCUT2D eigenvalue weighted by atomic mass is 16.2. The number of urea groups is 1. The van der Waals surface area contributed by atoms with Gasteiger partial charge in [0, 0.05) is 74.5 Å². The van der Waals surface area contributed by atoms with Gasteiger partial charge in [-0.3, -0.25) is 9.80 Å². The van der Waals surface area contributed by atoms with Gasteiger partial charge in [-0.25, -0.2) is 4.79 Å². The molecule has 0 saturated carbocycles. The number of benzene rings is 1. The van der Waals surface area contributed by atoms with Crippen LogP contribution in [-0.4, -0.2) is 83.6 Å². The molecule has 0 radical (unpaired) electrons. The lowest BCUT2D eigenvalue weighted by Gasteiger charge is -2.36. The summed E-state index contributed by atoms with van der Waals surface area (Å²) in [4.78, 5) is 23.2. The zero-order valence-corrected chi connectivity index (χ0v) is 18.8. The Labute approximate surface area is 180 Å². The van der Waals surface area contributed by atoms with Crippen LogP contribution in [0.15, 0.2) is 24.3 Å². The lowest BCUT2D eigenvalue weighted by atomic mass is 10.1. The number of nitrogens with zero attached hydrogens (tertiary/aromatic N) is 3. The number of para-hydroxylation sites is 1. The second-order valence-electron chi connectivity index (χ2n) is 9.10. The van der Waals surface area contributed by atoms with Crippen molar-refractivity contribution in [2.75, 3.05) is 45.8 Å². The number of carbonyl (C=O) groups excluding carboxylic acids is 1. The van der Waals surface area contributed by atoms with Crippen LogP contribution in [0.3, 0.4) is 0 Å². The van der Waals surface area contributed by atoms with E-state index in [0.717, 1.165) is 45.7 Å². The van der Waals surface area contributed by atoms with Crippen molar-refractivity contribution in [1.82, 2.24) is 25.0 Å². The number of aromatic amines is 1. The van der Waals surface area contributed by atoms with E-state index in [-0.39, 0.29) is 6.03 Å². The van der Waals surface area contributed by atoms with Gasteiger partial charge in [-0.1, -0.05) is 18.2 Å². The van der Waals surface area contributed by atoms with Crippen LogP contribution >= 0.6 is 0 Å². The van der Waals surface area contributed by atoms with Crippen LogP contribution < -0.4 is 5.32 Å². The van der Waals surface area contributed by atoms with Crippen LogP contribution in [0.5, 0.6) is 0 Å². The number of aromatic nitrogens is 1. The number of hydrogen-bond donors (Lipinski definition) is 2. The Kier molecular flexibility index (Phi) is 6.64. The molecule has 2 N–H and O–H groups in total. The van der Waals surface area contributed by atoms with Crippen molar-refractivity contribution >= 4 is 16.9 Å².